The molecule has 5 nitrogen and oxygen atoms in total. The lowest BCUT2D eigenvalue weighted by atomic mass is 10.0. The number of methoxy groups -OCH3 is 3. The van der Waals surface area contributed by atoms with Gasteiger partial charge in [-0.15, -0.1) is 0 Å². The van der Waals surface area contributed by atoms with Crippen LogP contribution in [0.3, 0.4) is 0 Å². The van der Waals surface area contributed by atoms with Crippen molar-refractivity contribution < 1.29 is 19.3 Å². The van der Waals surface area contributed by atoms with Crippen LogP contribution in [0.1, 0.15) is 25.5 Å². The van der Waals surface area contributed by atoms with E-state index in [1.165, 1.54) is 0 Å². The number of rotatable bonds is 8. The Bertz CT molecular complexity index is 420. The van der Waals surface area contributed by atoms with E-state index >= 15 is 0 Å². The van der Waals surface area contributed by atoms with Crippen molar-refractivity contribution >= 4 is 0 Å². The summed E-state index contributed by atoms with van der Waals surface area (Å²) in [5.74, 6) is 1.33. The van der Waals surface area contributed by atoms with Gasteiger partial charge in [0.15, 0.2) is 0 Å². The summed E-state index contributed by atoms with van der Waals surface area (Å²) in [4.78, 5) is 0. The number of aliphatic hydroxyl groups is 1. The molecular formula is C15H25NO4. The molecule has 0 bridgehead atoms. The summed E-state index contributed by atoms with van der Waals surface area (Å²) in [5, 5.41) is 13.6. The summed E-state index contributed by atoms with van der Waals surface area (Å²) in [7, 11) is 4.84. The van der Waals surface area contributed by atoms with Gasteiger partial charge in [-0.3, -0.25) is 0 Å². The van der Waals surface area contributed by atoms with Gasteiger partial charge in [-0.05, 0) is 32.0 Å². The first-order chi connectivity index (χ1) is 9.43. The molecule has 0 radical (unpaired) electrons. The van der Waals surface area contributed by atoms with E-state index in [1.807, 2.05) is 13.8 Å². The van der Waals surface area contributed by atoms with Crippen LogP contribution in [0.2, 0.25) is 0 Å². The second-order valence-corrected chi connectivity index (χ2v) is 5.32. The second-order valence-electron chi connectivity index (χ2n) is 5.32. The van der Waals surface area contributed by atoms with Crippen molar-refractivity contribution in [3.8, 4) is 11.5 Å². The fraction of sp³-hybridized carbons (Fsp3) is 0.600. The predicted octanol–water partition coefficient (Wildman–Crippen LogP) is 1.75. The Morgan fingerprint density at radius 2 is 1.90 bits per heavy atom. The number of aliphatic hydroxyl groups excluding tert-OH is 1. The van der Waals surface area contributed by atoms with Gasteiger partial charge in [-0.25, -0.2) is 0 Å². The molecule has 1 aromatic carbocycles. The zero-order chi connectivity index (χ0) is 15.2. The van der Waals surface area contributed by atoms with Crippen molar-refractivity contribution in [1.82, 2.24) is 5.32 Å². The van der Waals surface area contributed by atoms with E-state index in [4.69, 9.17) is 14.2 Å². The first-order valence-electron chi connectivity index (χ1n) is 6.57. The molecule has 0 fully saturated rings. The number of ether oxygens (including phenoxy) is 3. The Kier molecular flexibility index (Phi) is 6.26. The number of benzene rings is 1. The van der Waals surface area contributed by atoms with Crippen LogP contribution in [0.25, 0.3) is 0 Å². The number of hydrogen-bond acceptors (Lipinski definition) is 5. The minimum atomic E-state index is -0.684. The molecule has 1 rings (SSSR count). The summed E-state index contributed by atoms with van der Waals surface area (Å²) >= 11 is 0. The summed E-state index contributed by atoms with van der Waals surface area (Å²) < 4.78 is 15.6. The molecule has 0 heterocycles. The SMILES string of the molecule is COCC(C)(C)NCC(O)c1cc(OC)ccc1OC. The molecule has 5 heteroatoms. The minimum Gasteiger partial charge on any atom is -0.497 e. The van der Waals surface area contributed by atoms with Crippen molar-refractivity contribution in [1.29, 1.82) is 0 Å². The van der Waals surface area contributed by atoms with E-state index in [9.17, 15) is 5.11 Å². The first-order valence-corrected chi connectivity index (χ1v) is 6.57. The van der Waals surface area contributed by atoms with Gasteiger partial charge >= 0.3 is 0 Å². The summed E-state index contributed by atoms with van der Waals surface area (Å²) in [6.07, 6.45) is -0.684. The Morgan fingerprint density at radius 3 is 2.45 bits per heavy atom. The van der Waals surface area contributed by atoms with Gasteiger partial charge in [-0.2, -0.15) is 0 Å². The molecule has 114 valence electrons. The second kappa shape index (κ2) is 7.47. The van der Waals surface area contributed by atoms with Gasteiger partial charge in [0.05, 0.1) is 26.9 Å². The van der Waals surface area contributed by atoms with Crippen LogP contribution >= 0.6 is 0 Å². The van der Waals surface area contributed by atoms with E-state index < -0.39 is 6.10 Å². The molecule has 0 aliphatic carbocycles. The fourth-order valence-corrected chi connectivity index (χ4v) is 1.99. The van der Waals surface area contributed by atoms with E-state index in [2.05, 4.69) is 5.32 Å². The maximum Gasteiger partial charge on any atom is 0.124 e. The molecule has 0 aromatic heterocycles. The van der Waals surface area contributed by atoms with Crippen LogP contribution < -0.4 is 14.8 Å². The van der Waals surface area contributed by atoms with Crippen molar-refractivity contribution in [2.45, 2.75) is 25.5 Å². The highest BCUT2D eigenvalue weighted by Crippen LogP contribution is 2.29. The molecule has 1 unspecified atom stereocenters. The Labute approximate surface area is 120 Å². The highest BCUT2D eigenvalue weighted by atomic mass is 16.5. The van der Waals surface area contributed by atoms with Crippen molar-refractivity contribution in [2.24, 2.45) is 0 Å². The highest BCUT2D eigenvalue weighted by Gasteiger charge is 2.20. The zero-order valence-electron chi connectivity index (χ0n) is 12.9. The average molecular weight is 283 g/mol. The predicted molar refractivity (Wildman–Crippen MR) is 78.5 cm³/mol. The average Bonchev–Trinajstić information content (AvgIpc) is 2.44. The van der Waals surface area contributed by atoms with E-state index in [-0.39, 0.29) is 5.54 Å². The van der Waals surface area contributed by atoms with Gasteiger partial charge in [0.25, 0.3) is 0 Å². The van der Waals surface area contributed by atoms with Gasteiger partial charge in [-0.1, -0.05) is 0 Å². The minimum absolute atomic E-state index is 0.207. The number of hydrogen-bond donors (Lipinski definition) is 2. The van der Waals surface area contributed by atoms with Gasteiger partial charge in [0, 0.05) is 24.8 Å². The van der Waals surface area contributed by atoms with Crippen LogP contribution in [0.15, 0.2) is 18.2 Å². The molecule has 2 N–H and O–H groups in total. The number of nitrogens with one attached hydrogen (secondary N) is 1. The molecule has 0 aliphatic rings. The third-order valence-corrected chi connectivity index (χ3v) is 3.08. The quantitative estimate of drug-likeness (QED) is 0.761. The summed E-state index contributed by atoms with van der Waals surface area (Å²) in [5.41, 5.74) is 0.495. The summed E-state index contributed by atoms with van der Waals surface area (Å²) in [6, 6.07) is 5.38. The van der Waals surface area contributed by atoms with Crippen molar-refractivity contribution in [3.63, 3.8) is 0 Å². The molecular weight excluding hydrogens is 258 g/mol. The maximum atomic E-state index is 10.3. The normalized spacial score (nSPS) is 13.1. The first kappa shape index (κ1) is 16.8. The van der Waals surface area contributed by atoms with Gasteiger partial charge in [0.2, 0.25) is 0 Å². The van der Waals surface area contributed by atoms with Crippen LogP contribution in [0, 0.1) is 0 Å². The maximum absolute atomic E-state index is 10.3. The molecule has 0 spiro atoms. The third-order valence-electron chi connectivity index (χ3n) is 3.08. The van der Waals surface area contributed by atoms with Gasteiger partial charge in [0.1, 0.15) is 11.5 Å². The molecule has 20 heavy (non-hydrogen) atoms. The molecule has 1 atom stereocenters. The van der Waals surface area contributed by atoms with Crippen molar-refractivity contribution in [2.75, 3.05) is 34.5 Å². The largest absolute Gasteiger partial charge is 0.497 e. The van der Waals surface area contributed by atoms with Crippen LogP contribution in [-0.4, -0.2) is 45.1 Å². The molecule has 0 saturated heterocycles. The topological polar surface area (TPSA) is 60.0 Å². The monoisotopic (exact) mass is 283 g/mol. The molecule has 0 amide bonds. The van der Waals surface area contributed by atoms with Crippen LogP contribution in [0.5, 0.6) is 11.5 Å². The lowest BCUT2D eigenvalue weighted by Crippen LogP contribution is -2.45. The Hall–Kier alpha value is -1.30. The number of β-amino-alcohol motifs (C(OH)–C–C–N with tert-alkyl or cyclic N) is 1. The lowest BCUT2D eigenvalue weighted by Gasteiger charge is -2.27. The van der Waals surface area contributed by atoms with Crippen LogP contribution in [-0.2, 0) is 4.74 Å². The van der Waals surface area contributed by atoms with E-state index in [0.29, 0.717) is 30.2 Å². The highest BCUT2D eigenvalue weighted by molar-refractivity contribution is 5.41. The molecule has 0 aliphatic heterocycles. The van der Waals surface area contributed by atoms with E-state index in [0.717, 1.165) is 0 Å². The summed E-state index contributed by atoms with van der Waals surface area (Å²) in [6.45, 7) is 5.01. The van der Waals surface area contributed by atoms with Crippen molar-refractivity contribution in [3.05, 3.63) is 23.8 Å². The van der Waals surface area contributed by atoms with E-state index in [1.54, 1.807) is 39.5 Å². The standard InChI is InChI=1S/C15H25NO4/c1-15(2,10-18-3)16-9-13(17)12-8-11(19-4)6-7-14(12)20-5/h6-8,13,16-17H,9-10H2,1-5H3. The lowest BCUT2D eigenvalue weighted by molar-refractivity contribution is 0.106. The van der Waals surface area contributed by atoms with Gasteiger partial charge < -0.3 is 24.6 Å². The Balaban J connectivity index is 2.78. The Morgan fingerprint density at radius 1 is 1.20 bits per heavy atom. The molecule has 0 saturated carbocycles. The molecule has 1 aromatic rings. The zero-order valence-corrected chi connectivity index (χ0v) is 12.9. The van der Waals surface area contributed by atoms with Crippen LogP contribution in [0.4, 0.5) is 0 Å². The third kappa shape index (κ3) is 4.67. The smallest absolute Gasteiger partial charge is 0.124 e. The fourth-order valence-electron chi connectivity index (χ4n) is 1.99.